The van der Waals surface area contributed by atoms with Crippen LogP contribution in [0.15, 0.2) is 35.7 Å². The fourth-order valence-corrected chi connectivity index (χ4v) is 5.31. The minimum Gasteiger partial charge on any atom is -0.476 e. The van der Waals surface area contributed by atoms with Gasteiger partial charge in [-0.3, -0.25) is 9.80 Å². The molecule has 0 atom stereocenters. The number of aromatic nitrogens is 4. The Labute approximate surface area is 203 Å². The molecular weight excluding hydrogens is 474 g/mol. The zero-order chi connectivity index (χ0) is 23.5. The lowest BCUT2D eigenvalue weighted by Crippen LogP contribution is -2.40. The second-order valence-electron chi connectivity index (χ2n) is 7.77. The fourth-order valence-electron chi connectivity index (χ4n) is 3.61. The third-order valence-corrected chi connectivity index (χ3v) is 7.27. The number of nitrogens with zero attached hydrogens (tertiary/aromatic N) is 6. The number of thiazole rings is 2. The van der Waals surface area contributed by atoms with Crippen molar-refractivity contribution < 1.29 is 14.6 Å². The van der Waals surface area contributed by atoms with Gasteiger partial charge in [0.2, 0.25) is 0 Å². The van der Waals surface area contributed by atoms with Gasteiger partial charge in [-0.1, -0.05) is 23.5 Å². The molecule has 1 aromatic carbocycles. The molecular formula is C22H23N7O3S2. The van der Waals surface area contributed by atoms with Crippen LogP contribution in [0.1, 0.15) is 16.1 Å². The Bertz CT molecular complexity index is 1270. The first-order valence-electron chi connectivity index (χ1n) is 10.8. The molecule has 0 radical (unpaired) electrons. The molecule has 4 aromatic rings. The summed E-state index contributed by atoms with van der Waals surface area (Å²) in [4.78, 5) is 24.5. The molecule has 1 aliphatic rings. The topological polar surface area (TPSA) is 117 Å². The van der Waals surface area contributed by atoms with Crippen LogP contribution in [0, 0.1) is 6.92 Å². The number of anilines is 4. The van der Waals surface area contributed by atoms with Gasteiger partial charge in [-0.15, -0.1) is 21.5 Å². The molecule has 176 valence electrons. The van der Waals surface area contributed by atoms with Gasteiger partial charge in [0.05, 0.1) is 23.4 Å². The van der Waals surface area contributed by atoms with Crippen molar-refractivity contribution in [2.75, 3.05) is 49.6 Å². The molecule has 0 unspecified atom stereocenters. The monoisotopic (exact) mass is 497 g/mol. The minimum atomic E-state index is -1.05. The number of ether oxygens (including phenoxy) is 1. The zero-order valence-corrected chi connectivity index (χ0v) is 20.1. The molecule has 34 heavy (non-hydrogen) atoms. The van der Waals surface area contributed by atoms with Gasteiger partial charge in [-0.05, 0) is 30.7 Å². The number of nitrogens with one attached hydrogen (secondary N) is 1. The lowest BCUT2D eigenvalue weighted by molar-refractivity contribution is 0.0394. The second kappa shape index (κ2) is 9.97. The Morgan fingerprint density at radius 1 is 1.24 bits per heavy atom. The maximum Gasteiger partial charge on any atom is 0.355 e. The number of para-hydroxylation sites is 1. The first-order valence-corrected chi connectivity index (χ1v) is 12.5. The molecule has 10 nitrogen and oxygen atoms in total. The van der Waals surface area contributed by atoms with Gasteiger partial charge in [-0.25, -0.2) is 14.8 Å². The Balaban J connectivity index is 1.39. The second-order valence-corrected chi connectivity index (χ2v) is 9.64. The number of carboxylic acids is 1. The number of aromatic carboxylic acids is 1. The van der Waals surface area contributed by atoms with Crippen molar-refractivity contribution in [3.8, 4) is 0 Å². The number of hydrogen-bond donors (Lipinski definition) is 2. The first kappa shape index (κ1) is 22.6. The van der Waals surface area contributed by atoms with Crippen molar-refractivity contribution in [2.24, 2.45) is 0 Å². The maximum atomic E-state index is 11.4. The summed E-state index contributed by atoms with van der Waals surface area (Å²) in [5.74, 6) is 0.196. The maximum absolute atomic E-state index is 11.4. The predicted octanol–water partition coefficient (Wildman–Crippen LogP) is 3.76. The fraction of sp³-hybridized carbons (Fsp3) is 0.318. The number of morpholine rings is 1. The summed E-state index contributed by atoms with van der Waals surface area (Å²) >= 11 is 2.84. The highest BCUT2D eigenvalue weighted by Gasteiger charge is 2.21. The summed E-state index contributed by atoms with van der Waals surface area (Å²) in [6.07, 6.45) is 0. The normalized spacial score (nSPS) is 14.4. The van der Waals surface area contributed by atoms with Crippen LogP contribution in [0.25, 0.3) is 10.2 Å². The van der Waals surface area contributed by atoms with E-state index in [0.29, 0.717) is 36.5 Å². The highest BCUT2D eigenvalue weighted by Crippen LogP contribution is 2.31. The van der Waals surface area contributed by atoms with Crippen molar-refractivity contribution >= 4 is 60.8 Å². The Kier molecular flexibility index (Phi) is 6.63. The van der Waals surface area contributed by atoms with Gasteiger partial charge in [0.25, 0.3) is 0 Å². The van der Waals surface area contributed by atoms with E-state index in [4.69, 9.17) is 4.74 Å². The lowest BCUT2D eigenvalue weighted by atomic mass is 10.3. The van der Waals surface area contributed by atoms with E-state index in [0.717, 1.165) is 40.5 Å². The van der Waals surface area contributed by atoms with E-state index in [9.17, 15) is 9.90 Å². The van der Waals surface area contributed by atoms with Crippen molar-refractivity contribution in [1.82, 2.24) is 25.1 Å². The average molecular weight is 498 g/mol. The van der Waals surface area contributed by atoms with E-state index in [1.165, 1.54) is 11.3 Å². The molecule has 0 bridgehead atoms. The van der Waals surface area contributed by atoms with Crippen LogP contribution in [0.4, 0.5) is 21.9 Å². The Morgan fingerprint density at radius 2 is 2.06 bits per heavy atom. The lowest BCUT2D eigenvalue weighted by Gasteiger charge is -2.29. The molecule has 5 rings (SSSR count). The van der Waals surface area contributed by atoms with Crippen molar-refractivity contribution in [1.29, 1.82) is 0 Å². The summed E-state index contributed by atoms with van der Waals surface area (Å²) in [6.45, 7) is 6.49. The highest BCUT2D eigenvalue weighted by atomic mass is 32.1. The molecule has 0 aliphatic carbocycles. The Hall–Kier alpha value is -3.19. The van der Waals surface area contributed by atoms with Gasteiger partial charge in [0.1, 0.15) is 0 Å². The molecule has 1 saturated heterocycles. The largest absolute Gasteiger partial charge is 0.476 e. The van der Waals surface area contributed by atoms with Gasteiger partial charge < -0.3 is 15.2 Å². The van der Waals surface area contributed by atoms with Crippen molar-refractivity contribution in [3.63, 3.8) is 0 Å². The van der Waals surface area contributed by atoms with Crippen LogP contribution in [0.2, 0.25) is 0 Å². The van der Waals surface area contributed by atoms with Crippen LogP contribution in [-0.4, -0.2) is 75.5 Å². The molecule has 2 N–H and O–H groups in total. The smallest absolute Gasteiger partial charge is 0.355 e. The number of carboxylic acid groups (broad SMARTS) is 1. The van der Waals surface area contributed by atoms with Gasteiger partial charge >= 0.3 is 5.97 Å². The van der Waals surface area contributed by atoms with Crippen LogP contribution in [0.3, 0.4) is 0 Å². The van der Waals surface area contributed by atoms with Crippen LogP contribution < -0.4 is 10.2 Å². The van der Waals surface area contributed by atoms with Crippen LogP contribution in [-0.2, 0) is 4.74 Å². The quantitative estimate of drug-likeness (QED) is 0.373. The van der Waals surface area contributed by atoms with E-state index >= 15 is 0 Å². The molecule has 0 saturated carbocycles. The molecule has 1 aliphatic heterocycles. The van der Waals surface area contributed by atoms with Gasteiger partial charge in [-0.2, -0.15) is 0 Å². The summed E-state index contributed by atoms with van der Waals surface area (Å²) in [5, 5.41) is 24.3. The third kappa shape index (κ3) is 4.99. The number of aryl methyl sites for hydroxylation is 1. The minimum absolute atomic E-state index is 0.0233. The first-order chi connectivity index (χ1) is 16.6. The van der Waals surface area contributed by atoms with Crippen LogP contribution >= 0.6 is 22.7 Å². The number of rotatable bonds is 8. The van der Waals surface area contributed by atoms with Gasteiger partial charge in [0.15, 0.2) is 27.6 Å². The Morgan fingerprint density at radius 3 is 2.79 bits per heavy atom. The highest BCUT2D eigenvalue weighted by molar-refractivity contribution is 7.22. The number of hydrogen-bond acceptors (Lipinski definition) is 11. The molecule has 0 amide bonds. The molecule has 0 spiro atoms. The number of carbonyl (C=O) groups is 1. The van der Waals surface area contributed by atoms with Crippen molar-refractivity contribution in [3.05, 3.63) is 47.0 Å². The standard InChI is InChI=1S/C22H23N7O3S2/c1-14-12-18(26-27-19(14)25-21-23-15-4-2-3-5-17(15)34-21)29(7-6-28-8-10-32-11-9-28)22-24-16(13-33-22)20(30)31/h2-5,12-13H,6-11H2,1H3,(H,30,31)(H,23,25,27). The average Bonchev–Trinajstić information content (AvgIpc) is 3.49. The zero-order valence-electron chi connectivity index (χ0n) is 18.5. The summed E-state index contributed by atoms with van der Waals surface area (Å²) < 4.78 is 6.53. The van der Waals surface area contributed by atoms with E-state index in [1.54, 1.807) is 16.7 Å². The van der Waals surface area contributed by atoms with E-state index in [-0.39, 0.29) is 5.69 Å². The third-order valence-electron chi connectivity index (χ3n) is 5.45. The molecule has 3 aromatic heterocycles. The van der Waals surface area contributed by atoms with E-state index < -0.39 is 5.97 Å². The van der Waals surface area contributed by atoms with E-state index in [2.05, 4.69) is 30.4 Å². The number of fused-ring (bicyclic) bond motifs is 1. The van der Waals surface area contributed by atoms with Gasteiger partial charge in [0, 0.05) is 31.6 Å². The number of benzene rings is 1. The SMILES string of the molecule is Cc1cc(N(CCN2CCOCC2)c2nc(C(=O)O)cs2)nnc1Nc1nc2ccccc2s1. The van der Waals surface area contributed by atoms with Crippen LogP contribution in [0.5, 0.6) is 0 Å². The van der Waals surface area contributed by atoms with Crippen molar-refractivity contribution in [2.45, 2.75) is 6.92 Å². The van der Waals surface area contributed by atoms with E-state index in [1.807, 2.05) is 42.2 Å². The summed E-state index contributed by atoms with van der Waals surface area (Å²) in [5.41, 5.74) is 1.86. The summed E-state index contributed by atoms with van der Waals surface area (Å²) in [7, 11) is 0. The molecule has 12 heteroatoms. The summed E-state index contributed by atoms with van der Waals surface area (Å²) in [6, 6.07) is 9.90. The molecule has 4 heterocycles. The molecule has 1 fully saturated rings. The predicted molar refractivity (Wildman–Crippen MR) is 133 cm³/mol.